The maximum absolute atomic E-state index is 6.00. The van der Waals surface area contributed by atoms with Crippen molar-refractivity contribution in [2.24, 2.45) is 34.1 Å². The molecule has 6 rings (SSSR count). The van der Waals surface area contributed by atoms with E-state index in [4.69, 9.17) is 9.73 Å². The first-order valence-corrected chi connectivity index (χ1v) is 13.3. The molecule has 5 fully saturated rings. The van der Waals surface area contributed by atoms with E-state index in [9.17, 15) is 0 Å². The predicted octanol–water partition coefficient (Wildman–Crippen LogP) is 4.73. The largest absolute Gasteiger partial charge is 0.479 e. The van der Waals surface area contributed by atoms with Crippen LogP contribution >= 0.6 is 0 Å². The van der Waals surface area contributed by atoms with E-state index in [-0.39, 0.29) is 0 Å². The zero-order valence-electron chi connectivity index (χ0n) is 15.2. The summed E-state index contributed by atoms with van der Waals surface area (Å²) in [6.07, 6.45) is 7.25. The van der Waals surface area contributed by atoms with Crippen LogP contribution in [-0.4, -0.2) is 20.6 Å². The summed E-state index contributed by atoms with van der Waals surface area (Å²) in [6, 6.07) is 8.91. The molecule has 3 heteroatoms. The number of hydrogen-bond donors (Lipinski definition) is 0. The van der Waals surface area contributed by atoms with E-state index in [1.54, 1.807) is 0 Å². The molecule has 4 aliphatic carbocycles. The van der Waals surface area contributed by atoms with Crippen LogP contribution in [0.25, 0.3) is 0 Å². The van der Waals surface area contributed by atoms with Crippen molar-refractivity contribution in [1.82, 2.24) is 0 Å². The Morgan fingerprint density at radius 1 is 1.00 bits per heavy atom. The first-order chi connectivity index (χ1) is 11.4. The summed E-state index contributed by atoms with van der Waals surface area (Å²) < 4.78 is 6.00. The van der Waals surface area contributed by atoms with Gasteiger partial charge in [-0.3, -0.25) is 0 Å². The van der Waals surface area contributed by atoms with Gasteiger partial charge in [0.25, 0.3) is 0 Å². The average Bonchev–Trinajstić information content (AvgIpc) is 2.50. The van der Waals surface area contributed by atoms with Gasteiger partial charge >= 0.3 is 0 Å². The van der Waals surface area contributed by atoms with E-state index in [0.717, 1.165) is 41.9 Å². The Kier molecular flexibility index (Phi) is 3.14. The van der Waals surface area contributed by atoms with Gasteiger partial charge in [-0.05, 0) is 67.9 Å². The number of aliphatic imine (C=N–C) groups is 1. The summed E-state index contributed by atoms with van der Waals surface area (Å²) in [5, 5.41) is 1.49. The highest BCUT2D eigenvalue weighted by Crippen LogP contribution is 2.65. The summed E-state index contributed by atoms with van der Waals surface area (Å²) in [5.41, 5.74) is 1.42. The molecule has 1 heterocycles. The van der Waals surface area contributed by atoms with E-state index in [1.165, 1.54) is 37.3 Å². The third-order valence-corrected chi connectivity index (χ3v) is 9.43. The van der Waals surface area contributed by atoms with Gasteiger partial charge in [-0.1, -0.05) is 37.0 Å². The Morgan fingerprint density at radius 2 is 1.67 bits per heavy atom. The Balaban J connectivity index is 1.49. The molecule has 5 aliphatic rings. The second-order valence-corrected chi connectivity index (χ2v) is 14.9. The van der Waals surface area contributed by atoms with Crippen molar-refractivity contribution in [2.45, 2.75) is 51.7 Å². The lowest BCUT2D eigenvalue weighted by atomic mass is 9.44. The highest BCUT2D eigenvalue weighted by atomic mass is 28.3. The van der Waals surface area contributed by atoms with Crippen LogP contribution in [-0.2, 0) is 4.74 Å². The van der Waals surface area contributed by atoms with Crippen LogP contribution in [0.2, 0.25) is 19.6 Å². The van der Waals surface area contributed by atoms with Crippen LogP contribution in [0.15, 0.2) is 29.3 Å². The lowest BCUT2D eigenvalue weighted by Crippen LogP contribution is -2.64. The van der Waals surface area contributed by atoms with Gasteiger partial charge in [-0.2, -0.15) is 0 Å². The molecule has 4 bridgehead atoms. The summed E-state index contributed by atoms with van der Waals surface area (Å²) in [5.74, 6) is 4.80. The third kappa shape index (κ3) is 2.09. The molecule has 0 aromatic heterocycles. The lowest BCUT2D eigenvalue weighted by molar-refractivity contribution is -0.136. The second-order valence-electron chi connectivity index (χ2n) is 9.85. The van der Waals surface area contributed by atoms with Crippen molar-refractivity contribution in [3.8, 4) is 0 Å². The molecule has 1 aromatic rings. The molecule has 1 spiro atoms. The monoisotopic (exact) mass is 339 g/mol. The molecule has 1 aromatic carbocycles. The highest BCUT2D eigenvalue weighted by Gasteiger charge is 2.64. The van der Waals surface area contributed by atoms with Gasteiger partial charge in [0.2, 0.25) is 0 Å². The van der Waals surface area contributed by atoms with Crippen LogP contribution < -0.4 is 5.19 Å². The van der Waals surface area contributed by atoms with Crippen LogP contribution in [0.4, 0.5) is 5.69 Å². The highest BCUT2D eigenvalue weighted by molar-refractivity contribution is 6.88. The molecule has 0 unspecified atom stereocenters. The number of hydrogen-bond acceptors (Lipinski definition) is 2. The van der Waals surface area contributed by atoms with Crippen LogP contribution in [0.1, 0.15) is 32.1 Å². The molecule has 24 heavy (non-hydrogen) atoms. The average molecular weight is 340 g/mol. The normalized spacial score (nSPS) is 41.5. The first kappa shape index (κ1) is 15.2. The minimum absolute atomic E-state index is 0.308. The number of benzene rings is 1. The maximum atomic E-state index is 6.00. The molecule has 1 saturated heterocycles. The van der Waals surface area contributed by atoms with Crippen molar-refractivity contribution in [1.29, 1.82) is 0 Å². The Morgan fingerprint density at radius 3 is 2.21 bits per heavy atom. The summed E-state index contributed by atoms with van der Waals surface area (Å²) in [7, 11) is -1.29. The molecule has 1 aliphatic heterocycles. The molecule has 2 nitrogen and oxygen atoms in total. The Labute approximate surface area is 146 Å². The van der Waals surface area contributed by atoms with Gasteiger partial charge in [0.1, 0.15) is 6.61 Å². The second kappa shape index (κ2) is 4.97. The van der Waals surface area contributed by atoms with Gasteiger partial charge in [-0.25, -0.2) is 4.99 Å². The fourth-order valence-corrected chi connectivity index (χ4v) is 7.39. The summed E-state index contributed by atoms with van der Waals surface area (Å²) in [6.45, 7) is 8.14. The molecule has 0 radical (unpaired) electrons. The fraction of sp³-hybridized carbons (Fsp3) is 0.667. The molecule has 0 atom stereocenters. The zero-order chi connectivity index (χ0) is 16.5. The smallest absolute Gasteiger partial charge is 0.198 e. The standard InChI is InChI=1S/C21H29NOSi/c1-24(2,3)19-6-4-5-18(12-19)22-20-21(13-23-20)16-8-14-7-15(10-16)11-17(21)9-14/h4-6,12,14-17H,7-11,13H2,1-3H3. The van der Waals surface area contributed by atoms with Crippen LogP contribution in [0.5, 0.6) is 0 Å². The maximum Gasteiger partial charge on any atom is 0.198 e. The first-order valence-electron chi connectivity index (χ1n) is 9.77. The molecule has 0 N–H and O–H groups in total. The van der Waals surface area contributed by atoms with E-state index < -0.39 is 8.07 Å². The van der Waals surface area contributed by atoms with Crippen molar-refractivity contribution < 1.29 is 4.74 Å². The van der Waals surface area contributed by atoms with Gasteiger partial charge in [0.15, 0.2) is 5.90 Å². The van der Waals surface area contributed by atoms with Crippen LogP contribution in [0, 0.1) is 29.1 Å². The third-order valence-electron chi connectivity index (χ3n) is 7.38. The lowest BCUT2D eigenvalue weighted by Gasteiger charge is -2.64. The Bertz CT molecular complexity index is 674. The van der Waals surface area contributed by atoms with Crippen molar-refractivity contribution in [3.63, 3.8) is 0 Å². The summed E-state index contributed by atoms with van der Waals surface area (Å²) in [4.78, 5) is 5.05. The minimum Gasteiger partial charge on any atom is -0.479 e. The van der Waals surface area contributed by atoms with Gasteiger partial charge < -0.3 is 4.74 Å². The SMILES string of the molecule is C[Si](C)(C)c1cccc(N=C2OCC23C2CC4CC(C2)CC3C4)c1. The fourth-order valence-electron chi connectivity index (χ4n) is 6.21. The molecular weight excluding hydrogens is 310 g/mol. The molecule has 0 amide bonds. The van der Waals surface area contributed by atoms with Gasteiger partial charge in [0, 0.05) is 0 Å². The Hall–Kier alpha value is -1.09. The summed E-state index contributed by atoms with van der Waals surface area (Å²) >= 11 is 0. The molecular formula is C21H29NOSi. The van der Waals surface area contributed by atoms with Crippen molar-refractivity contribution in [3.05, 3.63) is 24.3 Å². The number of nitrogens with zero attached hydrogens (tertiary/aromatic N) is 1. The van der Waals surface area contributed by atoms with Crippen LogP contribution in [0.3, 0.4) is 0 Å². The minimum atomic E-state index is -1.29. The predicted molar refractivity (Wildman–Crippen MR) is 102 cm³/mol. The van der Waals surface area contributed by atoms with Crippen molar-refractivity contribution >= 4 is 24.8 Å². The molecule has 4 saturated carbocycles. The van der Waals surface area contributed by atoms with Gasteiger partial charge in [0.05, 0.1) is 19.2 Å². The van der Waals surface area contributed by atoms with Crippen molar-refractivity contribution in [2.75, 3.05) is 6.61 Å². The topological polar surface area (TPSA) is 21.6 Å². The van der Waals surface area contributed by atoms with E-state index in [2.05, 4.69) is 43.9 Å². The zero-order valence-corrected chi connectivity index (χ0v) is 16.2. The van der Waals surface area contributed by atoms with E-state index >= 15 is 0 Å². The molecule has 128 valence electrons. The van der Waals surface area contributed by atoms with E-state index in [0.29, 0.717) is 5.41 Å². The van der Waals surface area contributed by atoms with E-state index in [1.807, 2.05) is 0 Å². The quantitative estimate of drug-likeness (QED) is 0.714. The number of ether oxygens (including phenoxy) is 1. The van der Waals surface area contributed by atoms with Gasteiger partial charge in [-0.15, -0.1) is 0 Å². The number of rotatable bonds is 2.